The molecule has 3 aromatic carbocycles. The largest absolute Gasteiger partial charge is 0.489 e. The molecule has 9 heteroatoms. The van der Waals surface area contributed by atoms with Crippen LogP contribution in [0, 0.1) is 0 Å². The van der Waals surface area contributed by atoms with Crippen LogP contribution in [0.5, 0.6) is 5.75 Å². The molecule has 0 spiro atoms. The van der Waals surface area contributed by atoms with E-state index >= 15 is 0 Å². The zero-order valence-electron chi connectivity index (χ0n) is 17.1. The van der Waals surface area contributed by atoms with Gasteiger partial charge in [-0.25, -0.2) is 5.43 Å². The maximum atomic E-state index is 12.3. The van der Waals surface area contributed by atoms with Crippen LogP contribution in [0.4, 0.5) is 0 Å². The van der Waals surface area contributed by atoms with Crippen molar-refractivity contribution in [1.29, 1.82) is 0 Å². The number of hydrazone groups is 1. The summed E-state index contributed by atoms with van der Waals surface area (Å²) in [6, 6.07) is 21.6. The molecule has 0 aliphatic heterocycles. The Morgan fingerprint density at radius 2 is 1.79 bits per heavy atom. The van der Waals surface area contributed by atoms with Crippen LogP contribution in [0.1, 0.15) is 21.6 Å². The van der Waals surface area contributed by atoms with E-state index in [1.807, 2.05) is 48.5 Å². The van der Waals surface area contributed by atoms with Gasteiger partial charge in [0.05, 0.1) is 16.9 Å². The summed E-state index contributed by atoms with van der Waals surface area (Å²) in [7, 11) is 0. The molecule has 1 aromatic heterocycles. The van der Waals surface area contributed by atoms with Crippen LogP contribution in [0.25, 0.3) is 11.3 Å². The minimum absolute atomic E-state index is 0.267. The van der Waals surface area contributed by atoms with E-state index in [1.165, 1.54) is 6.21 Å². The van der Waals surface area contributed by atoms with Crippen LogP contribution in [-0.4, -0.2) is 22.3 Å². The third kappa shape index (κ3) is 5.93. The van der Waals surface area contributed by atoms with Gasteiger partial charge in [0.1, 0.15) is 18.1 Å². The second kappa shape index (κ2) is 10.5. The van der Waals surface area contributed by atoms with Crippen molar-refractivity contribution < 1.29 is 9.53 Å². The topological polar surface area (TPSA) is 79.4 Å². The molecule has 4 aromatic rings. The molecule has 33 heavy (non-hydrogen) atoms. The second-order valence-electron chi connectivity index (χ2n) is 6.94. The number of benzene rings is 3. The lowest BCUT2D eigenvalue weighted by molar-refractivity contribution is 0.0950. The Morgan fingerprint density at radius 1 is 1.00 bits per heavy atom. The molecular weight excluding hydrogens is 483 g/mol. The molecule has 6 nitrogen and oxygen atoms in total. The number of ether oxygens (including phenoxy) is 1. The standard InChI is InChI=1S/C24H17Cl3N4O2/c25-18-8-5-16(21(27)11-18)13-28-31-24(32)23-12-22(29-30-23)15-6-9-19(10-7-15)33-14-17-3-1-2-4-20(17)26/h1-13H,14H2,(H,29,30)(H,31,32)/b28-13+. The second-order valence-corrected chi connectivity index (χ2v) is 8.19. The van der Waals surface area contributed by atoms with Crippen LogP contribution >= 0.6 is 34.8 Å². The minimum atomic E-state index is -0.435. The lowest BCUT2D eigenvalue weighted by Crippen LogP contribution is -2.18. The highest BCUT2D eigenvalue weighted by Crippen LogP contribution is 2.23. The number of hydrogen-bond donors (Lipinski definition) is 2. The average molecular weight is 500 g/mol. The summed E-state index contributed by atoms with van der Waals surface area (Å²) < 4.78 is 5.79. The highest BCUT2D eigenvalue weighted by molar-refractivity contribution is 6.36. The Hall–Kier alpha value is -3.32. The average Bonchev–Trinajstić information content (AvgIpc) is 3.31. The Kier molecular flexibility index (Phi) is 7.29. The van der Waals surface area contributed by atoms with E-state index in [0.29, 0.717) is 38.7 Å². The fraction of sp³-hybridized carbons (Fsp3) is 0.0417. The normalized spacial score (nSPS) is 11.0. The summed E-state index contributed by atoms with van der Waals surface area (Å²) in [4.78, 5) is 12.3. The third-order valence-corrected chi connectivity index (χ3v) is 5.59. The first kappa shape index (κ1) is 22.9. The van der Waals surface area contributed by atoms with Crippen molar-refractivity contribution in [2.24, 2.45) is 5.10 Å². The maximum Gasteiger partial charge on any atom is 0.289 e. The first-order valence-corrected chi connectivity index (χ1v) is 10.9. The van der Waals surface area contributed by atoms with Gasteiger partial charge in [0.15, 0.2) is 0 Å². The van der Waals surface area contributed by atoms with E-state index < -0.39 is 5.91 Å². The number of amides is 1. The number of nitrogens with one attached hydrogen (secondary N) is 2. The molecule has 0 bridgehead atoms. The molecule has 0 atom stereocenters. The van der Waals surface area contributed by atoms with Crippen LogP contribution in [0.15, 0.2) is 77.9 Å². The predicted molar refractivity (Wildman–Crippen MR) is 131 cm³/mol. The number of halogens is 3. The molecule has 0 saturated carbocycles. The minimum Gasteiger partial charge on any atom is -0.489 e. The third-order valence-electron chi connectivity index (χ3n) is 4.66. The quantitative estimate of drug-likeness (QED) is 0.229. The van der Waals surface area contributed by atoms with Crippen molar-refractivity contribution in [3.05, 3.63) is 105 Å². The smallest absolute Gasteiger partial charge is 0.289 e. The molecule has 0 fully saturated rings. The first-order chi connectivity index (χ1) is 16.0. The Morgan fingerprint density at radius 3 is 2.55 bits per heavy atom. The van der Waals surface area contributed by atoms with Crippen LogP contribution in [0.3, 0.4) is 0 Å². The van der Waals surface area contributed by atoms with Crippen molar-refractivity contribution in [2.75, 3.05) is 0 Å². The number of hydrogen-bond acceptors (Lipinski definition) is 4. The summed E-state index contributed by atoms with van der Waals surface area (Å²) in [5.74, 6) is 0.261. The number of aromatic nitrogens is 2. The lowest BCUT2D eigenvalue weighted by atomic mass is 10.1. The van der Waals surface area contributed by atoms with Crippen molar-refractivity contribution >= 4 is 46.9 Å². The van der Waals surface area contributed by atoms with Gasteiger partial charge < -0.3 is 4.74 Å². The Balaban J connectivity index is 1.35. The van der Waals surface area contributed by atoms with E-state index in [0.717, 1.165) is 11.1 Å². The van der Waals surface area contributed by atoms with E-state index in [4.69, 9.17) is 39.5 Å². The van der Waals surface area contributed by atoms with Gasteiger partial charge in [-0.1, -0.05) is 59.1 Å². The molecule has 166 valence electrons. The first-order valence-electron chi connectivity index (χ1n) is 9.80. The van der Waals surface area contributed by atoms with E-state index in [-0.39, 0.29) is 5.69 Å². The monoisotopic (exact) mass is 498 g/mol. The molecule has 1 heterocycles. The summed E-state index contributed by atoms with van der Waals surface area (Å²) in [6.07, 6.45) is 1.44. The SMILES string of the molecule is O=C(N/N=C/c1ccc(Cl)cc1Cl)c1cc(-c2ccc(OCc3ccccc3Cl)cc2)n[nH]1. The number of rotatable bonds is 7. The van der Waals surface area contributed by atoms with Crippen LogP contribution in [-0.2, 0) is 6.61 Å². The van der Waals surface area contributed by atoms with Gasteiger partial charge >= 0.3 is 0 Å². The molecule has 0 saturated heterocycles. The summed E-state index contributed by atoms with van der Waals surface area (Å²) >= 11 is 18.1. The highest BCUT2D eigenvalue weighted by Gasteiger charge is 2.11. The van der Waals surface area contributed by atoms with Crippen molar-refractivity contribution in [3.63, 3.8) is 0 Å². The van der Waals surface area contributed by atoms with Gasteiger partial charge in [0, 0.05) is 26.7 Å². The van der Waals surface area contributed by atoms with Gasteiger partial charge in [-0.3, -0.25) is 9.89 Å². The number of H-pyrrole nitrogens is 1. The van der Waals surface area contributed by atoms with E-state index in [1.54, 1.807) is 24.3 Å². The van der Waals surface area contributed by atoms with Crippen molar-refractivity contribution in [2.45, 2.75) is 6.61 Å². The lowest BCUT2D eigenvalue weighted by Gasteiger charge is -2.08. The summed E-state index contributed by atoms with van der Waals surface area (Å²) in [5, 5.41) is 12.5. The van der Waals surface area contributed by atoms with Gasteiger partial charge in [-0.2, -0.15) is 10.2 Å². The maximum absolute atomic E-state index is 12.3. The van der Waals surface area contributed by atoms with Crippen LogP contribution < -0.4 is 10.2 Å². The fourth-order valence-corrected chi connectivity index (χ4v) is 3.56. The summed E-state index contributed by atoms with van der Waals surface area (Å²) in [6.45, 7) is 0.369. The van der Waals surface area contributed by atoms with Gasteiger partial charge in [-0.05, 0) is 48.5 Å². The molecule has 4 rings (SSSR count). The van der Waals surface area contributed by atoms with Crippen molar-refractivity contribution in [1.82, 2.24) is 15.6 Å². The van der Waals surface area contributed by atoms with Gasteiger partial charge in [-0.15, -0.1) is 0 Å². The van der Waals surface area contributed by atoms with Gasteiger partial charge in [0.2, 0.25) is 0 Å². The highest BCUT2D eigenvalue weighted by atomic mass is 35.5. The van der Waals surface area contributed by atoms with Crippen LogP contribution in [0.2, 0.25) is 15.1 Å². The molecule has 1 amide bonds. The molecule has 2 N–H and O–H groups in total. The Labute approximate surface area is 205 Å². The predicted octanol–water partition coefficient (Wildman–Crippen LogP) is 6.38. The Bertz CT molecular complexity index is 1300. The number of carbonyl (C=O) groups is 1. The molecule has 0 aliphatic rings. The molecule has 0 aliphatic carbocycles. The van der Waals surface area contributed by atoms with E-state index in [9.17, 15) is 4.79 Å². The number of carbonyl (C=O) groups excluding carboxylic acids is 1. The molecule has 0 radical (unpaired) electrons. The molecule has 0 unspecified atom stereocenters. The number of nitrogens with zero attached hydrogens (tertiary/aromatic N) is 2. The molecular formula is C24H17Cl3N4O2. The zero-order chi connectivity index (χ0) is 23.2. The zero-order valence-corrected chi connectivity index (χ0v) is 19.3. The van der Waals surface area contributed by atoms with Gasteiger partial charge in [0.25, 0.3) is 5.91 Å². The summed E-state index contributed by atoms with van der Waals surface area (Å²) in [5.41, 5.74) is 5.68. The van der Waals surface area contributed by atoms with E-state index in [2.05, 4.69) is 20.7 Å². The fourth-order valence-electron chi connectivity index (χ4n) is 2.91. The van der Waals surface area contributed by atoms with Crippen molar-refractivity contribution in [3.8, 4) is 17.0 Å². The number of aromatic amines is 1.